The van der Waals surface area contributed by atoms with E-state index in [1.807, 2.05) is 60.7 Å². The van der Waals surface area contributed by atoms with Gasteiger partial charge in [-0.3, -0.25) is 4.79 Å². The number of anilines is 1. The smallest absolute Gasteiger partial charge is 0.256 e. The molecule has 0 bridgehead atoms. The van der Waals surface area contributed by atoms with Crippen molar-refractivity contribution < 1.29 is 4.79 Å². The summed E-state index contributed by atoms with van der Waals surface area (Å²) in [5.41, 5.74) is 2.80. The minimum atomic E-state index is -0.0578. The first-order valence-electron chi connectivity index (χ1n) is 8.08. The molecule has 0 fully saturated rings. The number of benzene rings is 3. The number of carbonyl (C=O) groups excluding carboxylic acids is 1. The molecule has 2 heteroatoms. The van der Waals surface area contributed by atoms with Gasteiger partial charge in [-0.15, -0.1) is 0 Å². The fourth-order valence-corrected chi connectivity index (χ4v) is 2.87. The first-order valence-corrected chi connectivity index (χ1v) is 8.08. The maximum atomic E-state index is 12.8. The number of carbonyl (C=O) groups is 1. The second-order valence-corrected chi connectivity index (χ2v) is 5.88. The second-order valence-electron chi connectivity index (χ2n) is 5.88. The third kappa shape index (κ3) is 3.11. The van der Waals surface area contributed by atoms with Gasteiger partial charge in [-0.25, -0.2) is 0 Å². The Morgan fingerprint density at radius 2 is 1.65 bits per heavy atom. The topological polar surface area (TPSA) is 29.1 Å². The highest BCUT2D eigenvalue weighted by atomic mass is 16.1. The van der Waals surface area contributed by atoms with Crippen molar-refractivity contribution in [2.45, 2.75) is 26.2 Å². The standard InChI is InChI=1S/C21H21NO/c1-3-15(2)17-11-6-7-14-20(17)22-21(23)19-13-8-10-16-9-4-5-12-18(16)19/h4-15H,3H2,1-2H3,(H,22,23). The fraction of sp³-hybridized carbons (Fsp3) is 0.190. The van der Waals surface area contributed by atoms with Crippen LogP contribution in [0.3, 0.4) is 0 Å². The van der Waals surface area contributed by atoms with Gasteiger partial charge in [0.05, 0.1) is 0 Å². The summed E-state index contributed by atoms with van der Waals surface area (Å²) >= 11 is 0. The van der Waals surface area contributed by atoms with Crippen LogP contribution >= 0.6 is 0 Å². The number of fused-ring (bicyclic) bond motifs is 1. The van der Waals surface area contributed by atoms with Crippen LogP contribution in [0.2, 0.25) is 0 Å². The zero-order chi connectivity index (χ0) is 16.2. The van der Waals surface area contributed by atoms with Crippen LogP contribution in [0.4, 0.5) is 5.69 Å². The van der Waals surface area contributed by atoms with Gasteiger partial charge in [0.25, 0.3) is 5.91 Å². The van der Waals surface area contributed by atoms with Crippen molar-refractivity contribution in [2.24, 2.45) is 0 Å². The molecule has 3 aromatic rings. The van der Waals surface area contributed by atoms with E-state index in [1.165, 1.54) is 5.56 Å². The van der Waals surface area contributed by atoms with E-state index in [-0.39, 0.29) is 5.91 Å². The van der Waals surface area contributed by atoms with E-state index in [1.54, 1.807) is 0 Å². The summed E-state index contributed by atoms with van der Waals surface area (Å²) in [5.74, 6) is 0.358. The summed E-state index contributed by atoms with van der Waals surface area (Å²) in [4.78, 5) is 12.8. The molecule has 0 aliphatic carbocycles. The first kappa shape index (κ1) is 15.3. The molecule has 3 rings (SSSR count). The van der Waals surface area contributed by atoms with E-state index in [0.717, 1.165) is 22.9 Å². The quantitative estimate of drug-likeness (QED) is 0.667. The fourth-order valence-electron chi connectivity index (χ4n) is 2.87. The highest BCUT2D eigenvalue weighted by Crippen LogP contribution is 2.27. The van der Waals surface area contributed by atoms with Crippen LogP contribution in [-0.4, -0.2) is 5.91 Å². The van der Waals surface area contributed by atoms with Gasteiger partial charge in [0.2, 0.25) is 0 Å². The van der Waals surface area contributed by atoms with E-state index in [9.17, 15) is 4.79 Å². The van der Waals surface area contributed by atoms with Gasteiger partial charge >= 0.3 is 0 Å². The summed E-state index contributed by atoms with van der Waals surface area (Å²) < 4.78 is 0. The van der Waals surface area contributed by atoms with Crippen molar-refractivity contribution in [2.75, 3.05) is 5.32 Å². The summed E-state index contributed by atoms with van der Waals surface area (Å²) in [5, 5.41) is 5.15. The highest BCUT2D eigenvalue weighted by molar-refractivity contribution is 6.13. The molecule has 2 nitrogen and oxygen atoms in total. The van der Waals surface area contributed by atoms with Gasteiger partial charge in [0.15, 0.2) is 0 Å². The average molecular weight is 303 g/mol. The summed E-state index contributed by atoms with van der Waals surface area (Å²) in [6.45, 7) is 4.34. The Morgan fingerprint density at radius 1 is 0.957 bits per heavy atom. The molecule has 116 valence electrons. The SMILES string of the molecule is CCC(C)c1ccccc1NC(=O)c1cccc2ccccc12. The minimum Gasteiger partial charge on any atom is -0.322 e. The number of para-hydroxylation sites is 1. The Hall–Kier alpha value is -2.61. The van der Waals surface area contributed by atoms with Crippen LogP contribution in [0.25, 0.3) is 10.8 Å². The van der Waals surface area contributed by atoms with Crippen molar-refractivity contribution >= 4 is 22.4 Å². The maximum Gasteiger partial charge on any atom is 0.256 e. The molecule has 1 amide bonds. The Labute approximate surface area is 137 Å². The van der Waals surface area contributed by atoms with Crippen molar-refractivity contribution in [1.29, 1.82) is 0 Å². The predicted molar refractivity (Wildman–Crippen MR) is 97.0 cm³/mol. The largest absolute Gasteiger partial charge is 0.322 e. The van der Waals surface area contributed by atoms with E-state index >= 15 is 0 Å². The molecule has 0 aromatic heterocycles. The molecule has 0 saturated heterocycles. The molecule has 1 atom stereocenters. The van der Waals surface area contributed by atoms with Gasteiger partial charge < -0.3 is 5.32 Å². The predicted octanol–water partition coefficient (Wildman–Crippen LogP) is 5.61. The van der Waals surface area contributed by atoms with Crippen molar-refractivity contribution in [3.63, 3.8) is 0 Å². The van der Waals surface area contributed by atoms with Gasteiger partial charge in [0, 0.05) is 11.3 Å². The summed E-state index contributed by atoms with van der Waals surface area (Å²) in [6.07, 6.45) is 1.04. The minimum absolute atomic E-state index is 0.0578. The Kier molecular flexibility index (Phi) is 4.42. The molecule has 0 aliphatic rings. The van der Waals surface area contributed by atoms with E-state index < -0.39 is 0 Å². The zero-order valence-electron chi connectivity index (χ0n) is 13.5. The summed E-state index contributed by atoms with van der Waals surface area (Å²) in [7, 11) is 0. The maximum absolute atomic E-state index is 12.8. The van der Waals surface area contributed by atoms with Gasteiger partial charge in [-0.2, -0.15) is 0 Å². The molecule has 0 heterocycles. The molecule has 1 unspecified atom stereocenters. The molecule has 0 radical (unpaired) electrons. The normalized spacial score (nSPS) is 12.1. The lowest BCUT2D eigenvalue weighted by Gasteiger charge is -2.16. The lowest BCUT2D eigenvalue weighted by atomic mass is 9.96. The van der Waals surface area contributed by atoms with Crippen molar-refractivity contribution in [3.05, 3.63) is 77.9 Å². The first-order chi connectivity index (χ1) is 11.2. The van der Waals surface area contributed by atoms with E-state index in [0.29, 0.717) is 11.5 Å². The van der Waals surface area contributed by atoms with Crippen LogP contribution in [0.1, 0.15) is 42.1 Å². The van der Waals surface area contributed by atoms with Crippen molar-refractivity contribution in [1.82, 2.24) is 0 Å². The zero-order valence-corrected chi connectivity index (χ0v) is 13.5. The van der Waals surface area contributed by atoms with Gasteiger partial charge in [0.1, 0.15) is 0 Å². The number of rotatable bonds is 4. The van der Waals surface area contributed by atoms with Crippen molar-refractivity contribution in [3.8, 4) is 0 Å². The lowest BCUT2D eigenvalue weighted by molar-refractivity contribution is 0.102. The Balaban J connectivity index is 1.96. The Morgan fingerprint density at radius 3 is 2.48 bits per heavy atom. The number of amides is 1. The number of hydrogen-bond acceptors (Lipinski definition) is 1. The molecular weight excluding hydrogens is 282 g/mol. The van der Waals surface area contributed by atoms with E-state index in [2.05, 4.69) is 25.2 Å². The van der Waals surface area contributed by atoms with E-state index in [4.69, 9.17) is 0 Å². The van der Waals surface area contributed by atoms with Crippen LogP contribution in [0, 0.1) is 0 Å². The molecule has 0 saturated carbocycles. The molecule has 23 heavy (non-hydrogen) atoms. The Bertz CT molecular complexity index is 833. The van der Waals surface area contributed by atoms with Gasteiger partial charge in [-0.05, 0) is 40.8 Å². The van der Waals surface area contributed by atoms with Crippen LogP contribution < -0.4 is 5.32 Å². The summed E-state index contributed by atoms with van der Waals surface area (Å²) in [6, 6.07) is 21.9. The van der Waals surface area contributed by atoms with Crippen LogP contribution in [-0.2, 0) is 0 Å². The van der Waals surface area contributed by atoms with Crippen LogP contribution in [0.15, 0.2) is 66.7 Å². The highest BCUT2D eigenvalue weighted by Gasteiger charge is 2.14. The molecule has 3 aromatic carbocycles. The molecular formula is C21H21NO. The lowest BCUT2D eigenvalue weighted by Crippen LogP contribution is -2.14. The monoisotopic (exact) mass is 303 g/mol. The third-order valence-electron chi connectivity index (χ3n) is 4.39. The number of nitrogens with one attached hydrogen (secondary N) is 1. The second kappa shape index (κ2) is 6.66. The molecule has 0 spiro atoms. The molecule has 1 N–H and O–H groups in total. The van der Waals surface area contributed by atoms with Gasteiger partial charge in [-0.1, -0.05) is 68.4 Å². The molecule has 0 aliphatic heterocycles. The third-order valence-corrected chi connectivity index (χ3v) is 4.39. The average Bonchev–Trinajstić information content (AvgIpc) is 2.61. The van der Waals surface area contributed by atoms with Crippen LogP contribution in [0.5, 0.6) is 0 Å². The number of hydrogen-bond donors (Lipinski definition) is 1.